The molecule has 4 heteroatoms. The molecule has 1 aromatic rings. The standard InChI is InChI=1S/C14H20FNO2/c1-10-9-16(7-4-8-18-10)14-12(11(2)17)5-3-6-13(14)15/h3,5-6,10-11,17H,4,7-9H2,1-2H3/t10?,11-/m1/s1. The molecule has 0 aliphatic carbocycles. The summed E-state index contributed by atoms with van der Waals surface area (Å²) in [5, 5.41) is 9.77. The topological polar surface area (TPSA) is 32.7 Å². The molecule has 0 aromatic heterocycles. The van der Waals surface area contributed by atoms with Crippen molar-refractivity contribution in [3.8, 4) is 0 Å². The minimum absolute atomic E-state index is 0.0777. The van der Waals surface area contributed by atoms with Crippen LogP contribution >= 0.6 is 0 Å². The summed E-state index contributed by atoms with van der Waals surface area (Å²) < 4.78 is 19.6. The monoisotopic (exact) mass is 253 g/mol. The van der Waals surface area contributed by atoms with E-state index in [1.54, 1.807) is 19.1 Å². The van der Waals surface area contributed by atoms with Gasteiger partial charge in [0.15, 0.2) is 0 Å². The molecule has 1 aliphatic heterocycles. The summed E-state index contributed by atoms with van der Waals surface area (Å²) in [5.41, 5.74) is 1.16. The van der Waals surface area contributed by atoms with E-state index >= 15 is 0 Å². The lowest BCUT2D eigenvalue weighted by Crippen LogP contribution is -2.31. The second-order valence-corrected chi connectivity index (χ2v) is 4.83. The van der Waals surface area contributed by atoms with Crippen LogP contribution in [-0.4, -0.2) is 30.9 Å². The molecule has 1 fully saturated rings. The highest BCUT2D eigenvalue weighted by molar-refractivity contribution is 5.56. The summed E-state index contributed by atoms with van der Waals surface area (Å²) in [6.07, 6.45) is 0.280. The fraction of sp³-hybridized carbons (Fsp3) is 0.571. The molecule has 0 radical (unpaired) electrons. The van der Waals surface area contributed by atoms with Gasteiger partial charge in [0.25, 0.3) is 0 Å². The second-order valence-electron chi connectivity index (χ2n) is 4.83. The van der Waals surface area contributed by atoms with Crippen molar-refractivity contribution in [1.82, 2.24) is 0 Å². The van der Waals surface area contributed by atoms with Crippen LogP contribution < -0.4 is 4.90 Å². The van der Waals surface area contributed by atoms with Gasteiger partial charge in [0.2, 0.25) is 0 Å². The Bertz CT molecular complexity index is 409. The van der Waals surface area contributed by atoms with Crippen LogP contribution in [0.2, 0.25) is 0 Å². The minimum Gasteiger partial charge on any atom is -0.389 e. The zero-order chi connectivity index (χ0) is 13.1. The molecule has 18 heavy (non-hydrogen) atoms. The molecule has 0 amide bonds. The van der Waals surface area contributed by atoms with Gasteiger partial charge >= 0.3 is 0 Å². The molecule has 1 heterocycles. The van der Waals surface area contributed by atoms with Gasteiger partial charge in [-0.05, 0) is 26.3 Å². The molecule has 3 nitrogen and oxygen atoms in total. The summed E-state index contributed by atoms with van der Waals surface area (Å²) in [4.78, 5) is 1.98. The zero-order valence-corrected chi connectivity index (χ0v) is 10.9. The number of nitrogens with zero attached hydrogens (tertiary/aromatic N) is 1. The maximum atomic E-state index is 14.1. The first-order chi connectivity index (χ1) is 8.59. The van der Waals surface area contributed by atoms with Gasteiger partial charge in [0, 0.05) is 25.3 Å². The molecule has 0 saturated carbocycles. The van der Waals surface area contributed by atoms with E-state index in [-0.39, 0.29) is 11.9 Å². The fourth-order valence-corrected chi connectivity index (χ4v) is 2.40. The van der Waals surface area contributed by atoms with Gasteiger partial charge in [-0.3, -0.25) is 0 Å². The van der Waals surface area contributed by atoms with Crippen LogP contribution in [0.5, 0.6) is 0 Å². The van der Waals surface area contributed by atoms with E-state index in [1.165, 1.54) is 6.07 Å². The molecule has 2 rings (SSSR count). The first kappa shape index (κ1) is 13.3. The Morgan fingerprint density at radius 3 is 3.00 bits per heavy atom. The minimum atomic E-state index is -0.671. The Balaban J connectivity index is 2.36. The fourth-order valence-electron chi connectivity index (χ4n) is 2.40. The van der Waals surface area contributed by atoms with Crippen LogP contribution in [0.25, 0.3) is 0 Å². The Labute approximate surface area is 107 Å². The molecule has 0 bridgehead atoms. The summed E-state index contributed by atoms with van der Waals surface area (Å²) in [7, 11) is 0. The van der Waals surface area contributed by atoms with Crippen LogP contribution in [0.3, 0.4) is 0 Å². The first-order valence-electron chi connectivity index (χ1n) is 6.42. The van der Waals surface area contributed by atoms with Crippen LogP contribution in [0.15, 0.2) is 18.2 Å². The van der Waals surface area contributed by atoms with Gasteiger partial charge in [0.1, 0.15) is 5.82 Å². The molecule has 100 valence electrons. The first-order valence-corrected chi connectivity index (χ1v) is 6.42. The average Bonchev–Trinajstić information content (AvgIpc) is 2.53. The van der Waals surface area contributed by atoms with Crippen molar-refractivity contribution in [2.24, 2.45) is 0 Å². The summed E-state index contributed by atoms with van der Waals surface area (Å²) in [6, 6.07) is 4.86. The van der Waals surface area contributed by atoms with Crippen molar-refractivity contribution in [1.29, 1.82) is 0 Å². The van der Waals surface area contributed by atoms with Gasteiger partial charge in [-0.1, -0.05) is 12.1 Å². The highest BCUT2D eigenvalue weighted by Gasteiger charge is 2.22. The summed E-state index contributed by atoms with van der Waals surface area (Å²) >= 11 is 0. The van der Waals surface area contributed by atoms with Crippen molar-refractivity contribution in [3.05, 3.63) is 29.6 Å². The number of rotatable bonds is 2. The van der Waals surface area contributed by atoms with Gasteiger partial charge in [-0.15, -0.1) is 0 Å². The smallest absolute Gasteiger partial charge is 0.146 e. The van der Waals surface area contributed by atoms with Crippen LogP contribution in [0, 0.1) is 5.82 Å². The molecule has 1 aromatic carbocycles. The van der Waals surface area contributed by atoms with Gasteiger partial charge in [-0.25, -0.2) is 4.39 Å². The lowest BCUT2D eigenvalue weighted by atomic mass is 10.1. The zero-order valence-electron chi connectivity index (χ0n) is 10.9. The van der Waals surface area contributed by atoms with E-state index in [1.807, 2.05) is 11.8 Å². The predicted octanol–water partition coefficient (Wildman–Crippen LogP) is 2.49. The SMILES string of the molecule is CC1CN(c2c(F)cccc2[C@@H](C)O)CCCO1. The molecule has 0 spiro atoms. The largest absolute Gasteiger partial charge is 0.389 e. The Morgan fingerprint density at radius 2 is 2.28 bits per heavy atom. The van der Waals surface area contributed by atoms with Gasteiger partial charge in [0.05, 0.1) is 17.9 Å². The Morgan fingerprint density at radius 1 is 1.50 bits per heavy atom. The molecular formula is C14H20FNO2. The molecule has 1 N–H and O–H groups in total. The summed E-state index contributed by atoms with van der Waals surface area (Å²) in [5.74, 6) is -0.275. The number of hydrogen-bond acceptors (Lipinski definition) is 3. The number of aliphatic hydroxyl groups is 1. The average molecular weight is 253 g/mol. The Kier molecular flexibility index (Phi) is 4.19. The van der Waals surface area contributed by atoms with Crippen molar-refractivity contribution >= 4 is 5.69 Å². The van der Waals surface area contributed by atoms with Crippen LogP contribution in [0.4, 0.5) is 10.1 Å². The van der Waals surface area contributed by atoms with Crippen LogP contribution in [-0.2, 0) is 4.74 Å². The lowest BCUT2D eigenvalue weighted by Gasteiger charge is -2.28. The van der Waals surface area contributed by atoms with E-state index in [9.17, 15) is 9.50 Å². The van der Waals surface area contributed by atoms with E-state index in [0.717, 1.165) is 13.0 Å². The number of aliphatic hydroxyl groups excluding tert-OH is 1. The third kappa shape index (κ3) is 2.82. The predicted molar refractivity (Wildman–Crippen MR) is 69.3 cm³/mol. The van der Waals surface area contributed by atoms with E-state index in [2.05, 4.69) is 0 Å². The third-order valence-corrected chi connectivity index (χ3v) is 3.24. The second kappa shape index (κ2) is 5.67. The molecular weight excluding hydrogens is 233 g/mol. The maximum Gasteiger partial charge on any atom is 0.146 e. The quantitative estimate of drug-likeness (QED) is 0.879. The van der Waals surface area contributed by atoms with E-state index in [0.29, 0.717) is 24.4 Å². The maximum absolute atomic E-state index is 14.1. The molecule has 1 unspecified atom stereocenters. The summed E-state index contributed by atoms with van der Waals surface area (Å²) in [6.45, 7) is 5.76. The number of anilines is 1. The van der Waals surface area contributed by atoms with Gasteiger partial charge in [-0.2, -0.15) is 0 Å². The van der Waals surface area contributed by atoms with Crippen molar-refractivity contribution in [2.45, 2.75) is 32.5 Å². The van der Waals surface area contributed by atoms with Crippen molar-refractivity contribution in [3.63, 3.8) is 0 Å². The lowest BCUT2D eigenvalue weighted by molar-refractivity contribution is 0.0820. The molecule has 1 saturated heterocycles. The van der Waals surface area contributed by atoms with Crippen molar-refractivity contribution in [2.75, 3.05) is 24.6 Å². The van der Waals surface area contributed by atoms with Crippen molar-refractivity contribution < 1.29 is 14.2 Å². The molecule has 2 atom stereocenters. The Hall–Kier alpha value is -1.13. The number of halogens is 1. The normalized spacial score (nSPS) is 22.7. The molecule has 1 aliphatic rings. The number of para-hydroxylation sites is 1. The number of benzene rings is 1. The number of ether oxygens (including phenoxy) is 1. The van der Waals surface area contributed by atoms with E-state index in [4.69, 9.17) is 4.74 Å². The van der Waals surface area contributed by atoms with Crippen LogP contribution in [0.1, 0.15) is 31.9 Å². The highest BCUT2D eigenvalue weighted by atomic mass is 19.1. The number of hydrogen-bond donors (Lipinski definition) is 1. The third-order valence-electron chi connectivity index (χ3n) is 3.24. The highest BCUT2D eigenvalue weighted by Crippen LogP contribution is 2.30. The van der Waals surface area contributed by atoms with Gasteiger partial charge < -0.3 is 14.7 Å². The van der Waals surface area contributed by atoms with E-state index < -0.39 is 6.10 Å².